The predicted molar refractivity (Wildman–Crippen MR) is 119 cm³/mol. The van der Waals surface area contributed by atoms with Crippen LogP contribution in [0.25, 0.3) is 5.76 Å². The number of aliphatic hydroxyl groups excluding tert-OH is 1. The lowest BCUT2D eigenvalue weighted by Gasteiger charge is -2.26. The average molecular weight is 441 g/mol. The van der Waals surface area contributed by atoms with Gasteiger partial charge in [-0.05, 0) is 62.6 Å². The largest absolute Gasteiger partial charge is 0.507 e. The minimum atomic E-state index is -0.878. The van der Waals surface area contributed by atoms with E-state index in [1.165, 1.54) is 36.3 Å². The number of ketones is 1. The number of ether oxygens (including phenoxy) is 2. The van der Waals surface area contributed by atoms with Crippen molar-refractivity contribution in [2.75, 3.05) is 20.3 Å². The van der Waals surface area contributed by atoms with Gasteiger partial charge in [0, 0.05) is 6.54 Å². The van der Waals surface area contributed by atoms with Gasteiger partial charge in [0.25, 0.3) is 11.7 Å². The molecular formula is C25H28FNO5. The molecule has 0 saturated carbocycles. The Morgan fingerprint density at radius 1 is 1.16 bits per heavy atom. The van der Waals surface area contributed by atoms with Crippen LogP contribution in [0.3, 0.4) is 0 Å². The van der Waals surface area contributed by atoms with Crippen molar-refractivity contribution < 1.29 is 28.6 Å². The molecular weight excluding hydrogens is 413 g/mol. The van der Waals surface area contributed by atoms with Gasteiger partial charge in [-0.3, -0.25) is 9.59 Å². The van der Waals surface area contributed by atoms with Crippen molar-refractivity contribution in [2.24, 2.45) is 0 Å². The average Bonchev–Trinajstić information content (AvgIpc) is 2.98. The highest BCUT2D eigenvalue weighted by Gasteiger charge is 2.46. The van der Waals surface area contributed by atoms with Gasteiger partial charge in [-0.2, -0.15) is 0 Å². The zero-order chi connectivity index (χ0) is 23.6. The van der Waals surface area contributed by atoms with Gasteiger partial charge in [0.1, 0.15) is 17.3 Å². The van der Waals surface area contributed by atoms with Gasteiger partial charge in [-0.25, -0.2) is 4.39 Å². The summed E-state index contributed by atoms with van der Waals surface area (Å²) in [5, 5.41) is 11.3. The molecule has 1 aliphatic heterocycles. The first kappa shape index (κ1) is 23.5. The molecule has 1 N–H and O–H groups in total. The molecule has 0 bridgehead atoms. The van der Waals surface area contributed by atoms with E-state index in [4.69, 9.17) is 9.47 Å². The van der Waals surface area contributed by atoms with E-state index in [-0.39, 0.29) is 30.6 Å². The van der Waals surface area contributed by atoms with Crippen LogP contribution in [0.5, 0.6) is 5.75 Å². The molecule has 0 spiro atoms. The maximum absolute atomic E-state index is 13.6. The summed E-state index contributed by atoms with van der Waals surface area (Å²) >= 11 is 0. The number of amides is 1. The second kappa shape index (κ2) is 9.53. The number of likely N-dealkylation sites (tertiary alicyclic amines) is 1. The summed E-state index contributed by atoms with van der Waals surface area (Å²) in [6.45, 7) is 7.81. The molecule has 1 saturated heterocycles. The number of aliphatic hydroxyl groups is 1. The predicted octanol–water partition coefficient (Wildman–Crippen LogP) is 4.30. The third kappa shape index (κ3) is 4.53. The van der Waals surface area contributed by atoms with Crippen LogP contribution in [-0.4, -0.2) is 48.1 Å². The van der Waals surface area contributed by atoms with E-state index in [2.05, 4.69) is 0 Å². The molecule has 0 radical (unpaired) electrons. The van der Waals surface area contributed by atoms with E-state index in [0.717, 1.165) is 11.1 Å². The van der Waals surface area contributed by atoms with Crippen molar-refractivity contribution in [2.45, 2.75) is 39.8 Å². The number of methoxy groups -OCH3 is 1. The number of halogens is 1. The maximum atomic E-state index is 13.6. The monoisotopic (exact) mass is 441 g/mol. The van der Waals surface area contributed by atoms with Gasteiger partial charge in [-0.15, -0.1) is 0 Å². The normalized spacial score (nSPS) is 18.0. The lowest BCUT2D eigenvalue weighted by Crippen LogP contribution is -2.33. The van der Waals surface area contributed by atoms with Crippen LogP contribution in [0.1, 0.15) is 42.1 Å². The van der Waals surface area contributed by atoms with Crippen molar-refractivity contribution >= 4 is 17.4 Å². The molecule has 0 aliphatic carbocycles. The fourth-order valence-electron chi connectivity index (χ4n) is 4.04. The molecule has 6 nitrogen and oxygen atoms in total. The Hall–Kier alpha value is -3.19. The summed E-state index contributed by atoms with van der Waals surface area (Å²) in [5.41, 5.74) is 2.43. The molecule has 1 amide bonds. The van der Waals surface area contributed by atoms with Crippen molar-refractivity contribution in [3.05, 3.63) is 70.0 Å². The summed E-state index contributed by atoms with van der Waals surface area (Å²) in [6.07, 6.45) is -0.0457. The Bertz CT molecular complexity index is 1060. The second-order valence-corrected chi connectivity index (χ2v) is 8.13. The SMILES string of the molecule is COc1c(C)cc(C)cc1/C(O)=C1\C(=O)C(=O)N(CCOC(C)C)C1c1ccc(F)cc1. The number of carbonyl (C=O) groups excluding carboxylic acids is 2. The molecule has 3 rings (SSSR count). The topological polar surface area (TPSA) is 76.1 Å². The van der Waals surface area contributed by atoms with Gasteiger partial charge in [-0.1, -0.05) is 18.2 Å². The summed E-state index contributed by atoms with van der Waals surface area (Å²) in [6, 6.07) is 8.27. The van der Waals surface area contributed by atoms with Gasteiger partial charge in [0.05, 0.1) is 37.0 Å². The molecule has 1 aliphatic rings. The molecule has 1 heterocycles. The second-order valence-electron chi connectivity index (χ2n) is 8.13. The van der Waals surface area contributed by atoms with E-state index in [1.54, 1.807) is 6.07 Å². The zero-order valence-electron chi connectivity index (χ0n) is 18.9. The van der Waals surface area contributed by atoms with Gasteiger partial charge < -0.3 is 19.5 Å². The first-order valence-corrected chi connectivity index (χ1v) is 10.5. The third-order valence-corrected chi connectivity index (χ3v) is 5.39. The van der Waals surface area contributed by atoms with E-state index in [1.807, 2.05) is 33.8 Å². The molecule has 1 fully saturated rings. The van der Waals surface area contributed by atoms with Crippen LogP contribution in [0, 0.1) is 19.7 Å². The molecule has 2 aromatic carbocycles. The Morgan fingerprint density at radius 3 is 2.41 bits per heavy atom. The lowest BCUT2D eigenvalue weighted by molar-refractivity contribution is -0.140. The van der Waals surface area contributed by atoms with Crippen molar-refractivity contribution in [1.82, 2.24) is 4.90 Å². The van der Waals surface area contributed by atoms with E-state index in [0.29, 0.717) is 16.9 Å². The Balaban J connectivity index is 2.18. The Kier molecular flexibility index (Phi) is 6.99. The Morgan fingerprint density at radius 2 is 1.81 bits per heavy atom. The minimum Gasteiger partial charge on any atom is -0.507 e. The van der Waals surface area contributed by atoms with Gasteiger partial charge in [0.2, 0.25) is 0 Å². The highest BCUT2D eigenvalue weighted by atomic mass is 19.1. The Labute approximate surface area is 187 Å². The van der Waals surface area contributed by atoms with Crippen LogP contribution in [-0.2, 0) is 14.3 Å². The number of hydrogen-bond acceptors (Lipinski definition) is 5. The van der Waals surface area contributed by atoms with Crippen LogP contribution in [0.15, 0.2) is 42.0 Å². The fraction of sp³-hybridized carbons (Fsp3) is 0.360. The number of aryl methyl sites for hydroxylation is 2. The van der Waals surface area contributed by atoms with Gasteiger partial charge >= 0.3 is 0 Å². The summed E-state index contributed by atoms with van der Waals surface area (Å²) < 4.78 is 24.6. The van der Waals surface area contributed by atoms with E-state index >= 15 is 0 Å². The van der Waals surface area contributed by atoms with Crippen molar-refractivity contribution in [3.8, 4) is 5.75 Å². The van der Waals surface area contributed by atoms with Crippen LogP contribution >= 0.6 is 0 Å². The number of hydrogen-bond donors (Lipinski definition) is 1. The number of benzene rings is 2. The lowest BCUT2D eigenvalue weighted by atomic mass is 9.93. The standard InChI is InChI=1S/C25H28FNO5/c1-14(2)32-11-10-27-21(17-6-8-18(26)9-7-17)20(23(29)25(27)30)22(28)19-13-15(3)12-16(4)24(19)31-5/h6-9,12-14,21,28H,10-11H2,1-5H3/b22-20+. The highest BCUT2D eigenvalue weighted by Crippen LogP contribution is 2.41. The van der Waals surface area contributed by atoms with E-state index in [9.17, 15) is 19.1 Å². The number of rotatable bonds is 7. The molecule has 170 valence electrons. The summed E-state index contributed by atoms with van der Waals surface area (Å²) in [7, 11) is 1.48. The van der Waals surface area contributed by atoms with Crippen LogP contribution in [0.2, 0.25) is 0 Å². The maximum Gasteiger partial charge on any atom is 0.295 e. The molecule has 32 heavy (non-hydrogen) atoms. The quantitative estimate of drug-likeness (QED) is 0.394. The minimum absolute atomic E-state index is 0.0457. The fourth-order valence-corrected chi connectivity index (χ4v) is 4.04. The molecule has 7 heteroatoms. The first-order chi connectivity index (χ1) is 15.1. The number of Topliss-reactive ketones (excluding diaryl/α,β-unsaturated/α-hetero) is 1. The molecule has 0 aromatic heterocycles. The van der Waals surface area contributed by atoms with E-state index < -0.39 is 23.5 Å². The van der Waals surface area contributed by atoms with Crippen LogP contribution < -0.4 is 4.74 Å². The number of carbonyl (C=O) groups is 2. The molecule has 1 atom stereocenters. The molecule has 1 unspecified atom stereocenters. The van der Waals surface area contributed by atoms with Crippen molar-refractivity contribution in [3.63, 3.8) is 0 Å². The highest BCUT2D eigenvalue weighted by molar-refractivity contribution is 6.46. The summed E-state index contributed by atoms with van der Waals surface area (Å²) in [5.74, 6) is -1.89. The smallest absolute Gasteiger partial charge is 0.295 e. The number of nitrogens with zero attached hydrogens (tertiary/aromatic N) is 1. The van der Waals surface area contributed by atoms with Gasteiger partial charge in [0.15, 0.2) is 0 Å². The third-order valence-electron chi connectivity index (χ3n) is 5.39. The zero-order valence-corrected chi connectivity index (χ0v) is 18.9. The summed E-state index contributed by atoms with van der Waals surface area (Å²) in [4.78, 5) is 27.4. The molecule has 2 aromatic rings. The van der Waals surface area contributed by atoms with Crippen molar-refractivity contribution in [1.29, 1.82) is 0 Å². The first-order valence-electron chi connectivity index (χ1n) is 10.5. The van der Waals surface area contributed by atoms with Crippen LogP contribution in [0.4, 0.5) is 4.39 Å².